The smallest absolute Gasteiger partial charge is 0.269 e. The summed E-state index contributed by atoms with van der Waals surface area (Å²) in [6.45, 7) is 5.58. The fourth-order valence-corrected chi connectivity index (χ4v) is 2.76. The summed E-state index contributed by atoms with van der Waals surface area (Å²) in [7, 11) is 2.11. The number of Topliss-reactive ketones (excluding diaryl/α,β-unsaturated/α-hetero) is 1. The van der Waals surface area contributed by atoms with Crippen molar-refractivity contribution in [3.63, 3.8) is 0 Å². The van der Waals surface area contributed by atoms with Crippen LogP contribution in [0.4, 0.5) is 5.82 Å². The van der Waals surface area contributed by atoms with Gasteiger partial charge < -0.3 is 15.1 Å². The highest BCUT2D eigenvalue weighted by Crippen LogP contribution is 2.18. The highest BCUT2D eigenvalue weighted by atomic mass is 16.2. The first-order valence-electron chi connectivity index (χ1n) is 8.26. The van der Waals surface area contributed by atoms with Gasteiger partial charge in [-0.3, -0.25) is 14.7 Å². The Morgan fingerprint density at radius 2 is 2.04 bits per heavy atom. The molecule has 1 aliphatic rings. The molecule has 3 rings (SSSR count). The summed E-state index contributed by atoms with van der Waals surface area (Å²) < 4.78 is 0. The van der Waals surface area contributed by atoms with E-state index in [9.17, 15) is 9.59 Å². The molecule has 3 heterocycles. The van der Waals surface area contributed by atoms with E-state index in [1.54, 1.807) is 6.20 Å². The Kier molecular flexibility index (Phi) is 5.08. The fraction of sp³-hybridized carbons (Fsp3) is 0.412. The number of amides is 1. The molecule has 0 bridgehead atoms. The number of anilines is 1. The van der Waals surface area contributed by atoms with Crippen molar-refractivity contribution in [2.24, 2.45) is 0 Å². The van der Waals surface area contributed by atoms with E-state index in [2.05, 4.69) is 37.3 Å². The topological polar surface area (TPSA) is 94.2 Å². The van der Waals surface area contributed by atoms with Gasteiger partial charge in [-0.05, 0) is 19.2 Å². The third-order valence-corrected chi connectivity index (χ3v) is 4.29. The first-order valence-corrected chi connectivity index (χ1v) is 8.26. The predicted molar refractivity (Wildman–Crippen MR) is 93.7 cm³/mol. The monoisotopic (exact) mass is 342 g/mol. The molecular weight excluding hydrogens is 320 g/mol. The molecule has 1 aliphatic heterocycles. The van der Waals surface area contributed by atoms with Crippen molar-refractivity contribution >= 4 is 17.5 Å². The summed E-state index contributed by atoms with van der Waals surface area (Å²) in [4.78, 5) is 32.5. The minimum Gasteiger partial charge on any atom is -0.354 e. The van der Waals surface area contributed by atoms with E-state index < -0.39 is 0 Å². The van der Waals surface area contributed by atoms with E-state index in [0.29, 0.717) is 6.54 Å². The molecular formula is C17H22N6O2. The SMILES string of the molecule is CC(=O)c1cc(C(=O)NCc2cccnc2N2CCN(C)CC2)[nH]n1. The lowest BCUT2D eigenvalue weighted by atomic mass is 10.2. The number of carbonyl (C=O) groups is 2. The number of nitrogens with one attached hydrogen (secondary N) is 2. The zero-order valence-electron chi connectivity index (χ0n) is 14.5. The average Bonchev–Trinajstić information content (AvgIpc) is 3.11. The van der Waals surface area contributed by atoms with Crippen LogP contribution in [-0.4, -0.2) is 65.0 Å². The van der Waals surface area contributed by atoms with Crippen LogP contribution in [0.3, 0.4) is 0 Å². The van der Waals surface area contributed by atoms with E-state index in [1.807, 2.05) is 12.1 Å². The Bertz CT molecular complexity index is 764. The summed E-state index contributed by atoms with van der Waals surface area (Å²) in [6.07, 6.45) is 1.77. The van der Waals surface area contributed by atoms with E-state index in [1.165, 1.54) is 13.0 Å². The number of nitrogens with zero attached hydrogens (tertiary/aromatic N) is 4. The second-order valence-corrected chi connectivity index (χ2v) is 6.18. The minimum atomic E-state index is -0.298. The van der Waals surface area contributed by atoms with Crippen LogP contribution < -0.4 is 10.2 Å². The summed E-state index contributed by atoms with van der Waals surface area (Å²) in [5.74, 6) is 0.429. The number of hydrogen-bond donors (Lipinski definition) is 2. The second kappa shape index (κ2) is 7.43. The molecule has 132 valence electrons. The maximum atomic E-state index is 12.3. The maximum absolute atomic E-state index is 12.3. The Hall–Kier alpha value is -2.74. The van der Waals surface area contributed by atoms with E-state index in [4.69, 9.17) is 0 Å². The molecule has 0 saturated carbocycles. The number of carbonyl (C=O) groups excluding carboxylic acids is 2. The number of ketones is 1. The molecule has 0 spiro atoms. The lowest BCUT2D eigenvalue weighted by Gasteiger charge is -2.34. The Balaban J connectivity index is 1.66. The van der Waals surface area contributed by atoms with Crippen LogP contribution in [0.1, 0.15) is 33.5 Å². The van der Waals surface area contributed by atoms with Gasteiger partial charge in [0.25, 0.3) is 5.91 Å². The molecule has 8 nitrogen and oxygen atoms in total. The Labute approximate surface area is 146 Å². The summed E-state index contributed by atoms with van der Waals surface area (Å²) in [6, 6.07) is 5.29. The third kappa shape index (κ3) is 4.03. The van der Waals surface area contributed by atoms with Crippen molar-refractivity contribution in [3.8, 4) is 0 Å². The standard InChI is InChI=1S/C17H22N6O2/c1-12(24)14-10-15(21-20-14)17(25)19-11-13-4-3-5-18-16(13)23-8-6-22(2)7-9-23/h3-5,10H,6-9,11H2,1-2H3,(H,19,25)(H,20,21). The highest BCUT2D eigenvalue weighted by Gasteiger charge is 2.18. The van der Waals surface area contributed by atoms with Crippen molar-refractivity contribution < 1.29 is 9.59 Å². The molecule has 1 fully saturated rings. The Morgan fingerprint density at radius 3 is 2.72 bits per heavy atom. The molecule has 0 radical (unpaired) electrons. The van der Waals surface area contributed by atoms with Crippen molar-refractivity contribution in [1.82, 2.24) is 25.4 Å². The number of piperazine rings is 1. The predicted octanol–water partition coefficient (Wildman–Crippen LogP) is 0.689. The lowest BCUT2D eigenvalue weighted by Crippen LogP contribution is -2.45. The van der Waals surface area contributed by atoms with Gasteiger partial charge in [-0.25, -0.2) is 4.98 Å². The quantitative estimate of drug-likeness (QED) is 0.777. The molecule has 0 aromatic carbocycles. The molecule has 2 aromatic rings. The maximum Gasteiger partial charge on any atom is 0.269 e. The molecule has 25 heavy (non-hydrogen) atoms. The van der Waals surface area contributed by atoms with Crippen LogP contribution in [0.25, 0.3) is 0 Å². The molecule has 1 amide bonds. The summed E-state index contributed by atoms with van der Waals surface area (Å²) in [5, 5.41) is 9.28. The zero-order valence-corrected chi connectivity index (χ0v) is 14.5. The van der Waals surface area contributed by atoms with Crippen molar-refractivity contribution in [1.29, 1.82) is 0 Å². The van der Waals surface area contributed by atoms with Crippen LogP contribution >= 0.6 is 0 Å². The first kappa shape index (κ1) is 17.1. The van der Waals surface area contributed by atoms with Crippen molar-refractivity contribution in [3.05, 3.63) is 41.3 Å². The van der Waals surface area contributed by atoms with Crippen LogP contribution in [0, 0.1) is 0 Å². The van der Waals surface area contributed by atoms with Crippen molar-refractivity contribution in [2.75, 3.05) is 38.1 Å². The van der Waals surface area contributed by atoms with Gasteiger partial charge >= 0.3 is 0 Å². The van der Waals surface area contributed by atoms with Crippen LogP contribution in [0.15, 0.2) is 24.4 Å². The third-order valence-electron chi connectivity index (χ3n) is 4.29. The normalized spacial score (nSPS) is 15.2. The zero-order chi connectivity index (χ0) is 17.8. The second-order valence-electron chi connectivity index (χ2n) is 6.18. The highest BCUT2D eigenvalue weighted by molar-refractivity contribution is 5.97. The van der Waals surface area contributed by atoms with Crippen LogP contribution in [-0.2, 0) is 6.54 Å². The number of hydrogen-bond acceptors (Lipinski definition) is 6. The number of H-pyrrole nitrogens is 1. The average molecular weight is 342 g/mol. The number of rotatable bonds is 5. The van der Waals surface area contributed by atoms with Crippen LogP contribution in [0.5, 0.6) is 0 Å². The molecule has 1 saturated heterocycles. The van der Waals surface area contributed by atoms with Gasteiger partial charge in [-0.2, -0.15) is 5.10 Å². The number of aromatic amines is 1. The minimum absolute atomic E-state index is 0.181. The molecule has 2 aromatic heterocycles. The van der Waals surface area contributed by atoms with Gasteiger partial charge in [0, 0.05) is 51.4 Å². The summed E-state index contributed by atoms with van der Waals surface area (Å²) >= 11 is 0. The van der Waals surface area contributed by atoms with E-state index in [-0.39, 0.29) is 23.1 Å². The molecule has 0 aliphatic carbocycles. The number of likely N-dealkylation sites (N-methyl/N-ethyl adjacent to an activating group) is 1. The van der Waals surface area contributed by atoms with Gasteiger partial charge in [0.2, 0.25) is 0 Å². The lowest BCUT2D eigenvalue weighted by molar-refractivity contribution is 0.0945. The number of aromatic nitrogens is 3. The van der Waals surface area contributed by atoms with Gasteiger partial charge in [-0.1, -0.05) is 6.07 Å². The van der Waals surface area contributed by atoms with Gasteiger partial charge in [0.1, 0.15) is 17.2 Å². The number of pyridine rings is 1. The van der Waals surface area contributed by atoms with Gasteiger partial charge in [-0.15, -0.1) is 0 Å². The van der Waals surface area contributed by atoms with E-state index in [0.717, 1.165) is 37.6 Å². The fourth-order valence-electron chi connectivity index (χ4n) is 2.76. The Morgan fingerprint density at radius 1 is 1.28 bits per heavy atom. The molecule has 8 heteroatoms. The van der Waals surface area contributed by atoms with Crippen LogP contribution in [0.2, 0.25) is 0 Å². The van der Waals surface area contributed by atoms with E-state index >= 15 is 0 Å². The largest absolute Gasteiger partial charge is 0.354 e. The first-order chi connectivity index (χ1) is 12.0. The van der Waals surface area contributed by atoms with Gasteiger partial charge in [0.15, 0.2) is 5.78 Å². The van der Waals surface area contributed by atoms with Crippen molar-refractivity contribution in [2.45, 2.75) is 13.5 Å². The molecule has 2 N–H and O–H groups in total. The summed E-state index contributed by atoms with van der Waals surface area (Å²) in [5.41, 5.74) is 1.49. The van der Waals surface area contributed by atoms with Gasteiger partial charge in [0.05, 0.1) is 0 Å². The molecule has 0 unspecified atom stereocenters. The molecule has 0 atom stereocenters.